The van der Waals surface area contributed by atoms with E-state index in [1.807, 2.05) is 25.1 Å². The van der Waals surface area contributed by atoms with Gasteiger partial charge in [0.1, 0.15) is 5.69 Å². The molecule has 0 fully saturated rings. The SMILES string of the molecule is Cc1ccc(NC(=O)COC(=O)c2[nH]c3ccccc3c2Cl)c(Cl)c1. The summed E-state index contributed by atoms with van der Waals surface area (Å²) in [5, 5.41) is 3.99. The number of aromatic nitrogens is 1. The molecule has 25 heavy (non-hydrogen) atoms. The van der Waals surface area contributed by atoms with Gasteiger partial charge in [0, 0.05) is 10.9 Å². The first-order chi connectivity index (χ1) is 12.0. The number of para-hydroxylation sites is 1. The van der Waals surface area contributed by atoms with Gasteiger partial charge in [-0.3, -0.25) is 4.79 Å². The van der Waals surface area contributed by atoms with E-state index in [4.69, 9.17) is 27.9 Å². The number of carbonyl (C=O) groups excluding carboxylic acids is 2. The number of anilines is 1. The van der Waals surface area contributed by atoms with Crippen LogP contribution < -0.4 is 5.32 Å². The van der Waals surface area contributed by atoms with Gasteiger partial charge >= 0.3 is 5.97 Å². The maximum absolute atomic E-state index is 12.2. The van der Waals surface area contributed by atoms with Crippen LogP contribution in [0.4, 0.5) is 5.69 Å². The molecule has 1 heterocycles. The quantitative estimate of drug-likeness (QED) is 0.654. The van der Waals surface area contributed by atoms with Crippen molar-refractivity contribution in [1.82, 2.24) is 4.98 Å². The van der Waals surface area contributed by atoms with E-state index < -0.39 is 18.5 Å². The third kappa shape index (κ3) is 3.78. The molecule has 5 nitrogen and oxygen atoms in total. The van der Waals surface area contributed by atoms with Crippen LogP contribution in [0, 0.1) is 6.92 Å². The molecule has 3 aromatic rings. The molecule has 0 atom stereocenters. The van der Waals surface area contributed by atoms with Gasteiger partial charge < -0.3 is 15.0 Å². The second kappa shape index (κ2) is 7.17. The van der Waals surface area contributed by atoms with E-state index in [0.29, 0.717) is 16.1 Å². The van der Waals surface area contributed by atoms with Crippen LogP contribution in [0.25, 0.3) is 10.9 Å². The minimum Gasteiger partial charge on any atom is -0.451 e. The molecule has 0 saturated carbocycles. The normalized spacial score (nSPS) is 10.7. The molecule has 0 aliphatic heterocycles. The van der Waals surface area contributed by atoms with Crippen LogP contribution in [-0.2, 0) is 9.53 Å². The van der Waals surface area contributed by atoms with Crippen LogP contribution in [0.5, 0.6) is 0 Å². The molecule has 0 unspecified atom stereocenters. The lowest BCUT2D eigenvalue weighted by atomic mass is 10.2. The molecule has 128 valence electrons. The second-order valence-corrected chi connectivity index (χ2v) is 6.25. The Morgan fingerprint density at radius 2 is 1.92 bits per heavy atom. The first kappa shape index (κ1) is 17.3. The number of amides is 1. The van der Waals surface area contributed by atoms with Crippen LogP contribution >= 0.6 is 23.2 Å². The molecule has 7 heteroatoms. The summed E-state index contributed by atoms with van der Waals surface area (Å²) in [5.41, 5.74) is 2.26. The number of H-pyrrole nitrogens is 1. The Bertz CT molecular complexity index is 966. The zero-order valence-electron chi connectivity index (χ0n) is 13.2. The molecule has 0 saturated heterocycles. The highest BCUT2D eigenvalue weighted by molar-refractivity contribution is 6.38. The molecule has 0 radical (unpaired) electrons. The van der Waals surface area contributed by atoms with Crippen molar-refractivity contribution in [3.63, 3.8) is 0 Å². The third-order valence-electron chi connectivity index (χ3n) is 3.58. The van der Waals surface area contributed by atoms with Crippen molar-refractivity contribution < 1.29 is 14.3 Å². The maximum Gasteiger partial charge on any atom is 0.356 e. The summed E-state index contributed by atoms with van der Waals surface area (Å²) in [6.07, 6.45) is 0. The van der Waals surface area contributed by atoms with Crippen LogP contribution in [0.3, 0.4) is 0 Å². The summed E-state index contributed by atoms with van der Waals surface area (Å²) in [4.78, 5) is 27.0. The minimum atomic E-state index is -0.702. The number of ether oxygens (including phenoxy) is 1. The number of aryl methyl sites for hydroxylation is 1. The minimum absolute atomic E-state index is 0.115. The Hall–Kier alpha value is -2.50. The highest BCUT2D eigenvalue weighted by Gasteiger charge is 2.18. The van der Waals surface area contributed by atoms with E-state index in [9.17, 15) is 9.59 Å². The first-order valence-electron chi connectivity index (χ1n) is 7.45. The van der Waals surface area contributed by atoms with E-state index in [2.05, 4.69) is 10.3 Å². The first-order valence-corrected chi connectivity index (χ1v) is 8.20. The van der Waals surface area contributed by atoms with E-state index in [1.54, 1.807) is 24.3 Å². The van der Waals surface area contributed by atoms with Crippen molar-refractivity contribution in [2.75, 3.05) is 11.9 Å². The predicted octanol–water partition coefficient (Wildman–Crippen LogP) is 4.58. The number of hydrogen-bond donors (Lipinski definition) is 2. The number of fused-ring (bicyclic) bond motifs is 1. The van der Waals surface area contributed by atoms with Gasteiger partial charge in [-0.15, -0.1) is 0 Å². The lowest BCUT2D eigenvalue weighted by Crippen LogP contribution is -2.21. The number of halogens is 2. The number of nitrogens with one attached hydrogen (secondary N) is 2. The maximum atomic E-state index is 12.2. The van der Waals surface area contributed by atoms with Crippen LogP contribution in [0.15, 0.2) is 42.5 Å². The number of benzene rings is 2. The Morgan fingerprint density at radius 1 is 1.16 bits per heavy atom. The summed E-state index contributed by atoms with van der Waals surface area (Å²) in [6, 6.07) is 12.5. The number of hydrogen-bond acceptors (Lipinski definition) is 3. The topological polar surface area (TPSA) is 71.2 Å². The van der Waals surface area contributed by atoms with Gasteiger partial charge in [-0.2, -0.15) is 0 Å². The molecule has 1 amide bonds. The Labute approximate surface area is 153 Å². The summed E-state index contributed by atoms with van der Waals surface area (Å²) >= 11 is 12.2. The highest BCUT2D eigenvalue weighted by Crippen LogP contribution is 2.27. The van der Waals surface area contributed by atoms with Gasteiger partial charge in [-0.25, -0.2) is 4.79 Å². The van der Waals surface area contributed by atoms with Crippen LogP contribution in [-0.4, -0.2) is 23.5 Å². The van der Waals surface area contributed by atoms with E-state index in [-0.39, 0.29) is 10.7 Å². The standard InChI is InChI=1S/C18H14Cl2N2O3/c1-10-6-7-14(12(19)8-10)21-15(23)9-25-18(24)17-16(20)11-4-2-3-5-13(11)22-17/h2-8,22H,9H2,1H3,(H,21,23). The second-order valence-electron chi connectivity index (χ2n) is 5.47. The van der Waals surface area contributed by atoms with Gasteiger partial charge in [0.2, 0.25) is 0 Å². The Balaban J connectivity index is 1.65. The van der Waals surface area contributed by atoms with Crippen molar-refractivity contribution in [2.24, 2.45) is 0 Å². The molecular weight excluding hydrogens is 363 g/mol. The average molecular weight is 377 g/mol. The smallest absolute Gasteiger partial charge is 0.356 e. The van der Waals surface area contributed by atoms with E-state index >= 15 is 0 Å². The summed E-state index contributed by atoms with van der Waals surface area (Å²) in [7, 11) is 0. The fraction of sp³-hybridized carbons (Fsp3) is 0.111. The van der Waals surface area contributed by atoms with Crippen LogP contribution in [0.2, 0.25) is 10.0 Å². The Kier molecular flexibility index (Phi) is 4.97. The molecule has 0 aliphatic carbocycles. The number of carbonyl (C=O) groups is 2. The van der Waals surface area contributed by atoms with Crippen molar-refractivity contribution in [1.29, 1.82) is 0 Å². The van der Waals surface area contributed by atoms with E-state index in [1.165, 1.54) is 0 Å². The lowest BCUT2D eigenvalue weighted by Gasteiger charge is -2.08. The molecule has 1 aromatic heterocycles. The zero-order chi connectivity index (χ0) is 18.0. The molecule has 0 aliphatic rings. The molecule has 2 aromatic carbocycles. The fourth-order valence-electron chi connectivity index (χ4n) is 2.36. The lowest BCUT2D eigenvalue weighted by molar-refractivity contribution is -0.119. The van der Waals surface area contributed by atoms with Crippen molar-refractivity contribution in [3.05, 3.63) is 63.8 Å². The number of aromatic amines is 1. The fourth-order valence-corrected chi connectivity index (χ4v) is 2.93. The predicted molar refractivity (Wildman–Crippen MR) is 98.4 cm³/mol. The molecule has 2 N–H and O–H groups in total. The van der Waals surface area contributed by atoms with Crippen LogP contribution in [0.1, 0.15) is 16.1 Å². The van der Waals surface area contributed by atoms with Crippen molar-refractivity contribution in [3.8, 4) is 0 Å². The molecule has 3 rings (SSSR count). The number of rotatable bonds is 4. The monoisotopic (exact) mass is 376 g/mol. The summed E-state index contributed by atoms with van der Waals surface area (Å²) < 4.78 is 5.03. The molecule has 0 bridgehead atoms. The van der Waals surface area contributed by atoms with E-state index in [0.717, 1.165) is 11.1 Å². The summed E-state index contributed by atoms with van der Waals surface area (Å²) in [5.74, 6) is -1.20. The Morgan fingerprint density at radius 3 is 2.64 bits per heavy atom. The highest BCUT2D eigenvalue weighted by atomic mass is 35.5. The van der Waals surface area contributed by atoms with Gasteiger partial charge in [0.25, 0.3) is 5.91 Å². The van der Waals surface area contributed by atoms with Crippen molar-refractivity contribution >= 4 is 51.7 Å². The zero-order valence-corrected chi connectivity index (χ0v) is 14.7. The van der Waals surface area contributed by atoms with Gasteiger partial charge in [0.05, 0.1) is 15.7 Å². The van der Waals surface area contributed by atoms with Gasteiger partial charge in [0.15, 0.2) is 6.61 Å². The largest absolute Gasteiger partial charge is 0.451 e. The van der Waals surface area contributed by atoms with Gasteiger partial charge in [-0.05, 0) is 30.7 Å². The van der Waals surface area contributed by atoms with Crippen molar-refractivity contribution in [2.45, 2.75) is 6.92 Å². The number of esters is 1. The molecular formula is C18H14Cl2N2O3. The average Bonchev–Trinajstić information content (AvgIpc) is 2.93. The third-order valence-corrected chi connectivity index (χ3v) is 4.29. The molecule has 0 spiro atoms. The van der Waals surface area contributed by atoms with Gasteiger partial charge in [-0.1, -0.05) is 47.5 Å². The summed E-state index contributed by atoms with van der Waals surface area (Å²) in [6.45, 7) is 1.44.